The first-order valence-electron chi connectivity index (χ1n) is 10.6. The van der Waals surface area contributed by atoms with Gasteiger partial charge in [-0.15, -0.1) is 0 Å². The van der Waals surface area contributed by atoms with Crippen LogP contribution in [0, 0.1) is 0 Å². The Morgan fingerprint density at radius 3 is 2.57 bits per heavy atom. The highest BCUT2D eigenvalue weighted by atomic mass is 16.5. The lowest BCUT2D eigenvalue weighted by molar-refractivity contribution is 0.0933. The molecule has 4 heteroatoms. The Morgan fingerprint density at radius 1 is 1.07 bits per heavy atom. The Morgan fingerprint density at radius 2 is 1.82 bits per heavy atom. The quantitative estimate of drug-likeness (QED) is 0.767. The van der Waals surface area contributed by atoms with Gasteiger partial charge in [0.25, 0.3) is 5.91 Å². The average molecular weight is 379 g/mol. The summed E-state index contributed by atoms with van der Waals surface area (Å²) in [5.74, 6) is 0.896. The molecule has 1 saturated carbocycles. The van der Waals surface area contributed by atoms with E-state index in [4.69, 9.17) is 4.74 Å². The van der Waals surface area contributed by atoms with E-state index in [9.17, 15) is 4.79 Å². The molecular formula is C24H30N2O2. The molecule has 148 valence electrons. The van der Waals surface area contributed by atoms with Crippen LogP contribution in [0.1, 0.15) is 61.4 Å². The summed E-state index contributed by atoms with van der Waals surface area (Å²) in [6.07, 6.45) is 7.19. The van der Waals surface area contributed by atoms with Gasteiger partial charge in [0, 0.05) is 18.2 Å². The van der Waals surface area contributed by atoms with Crippen LogP contribution in [0.2, 0.25) is 0 Å². The topological polar surface area (TPSA) is 41.6 Å². The van der Waals surface area contributed by atoms with Crippen molar-refractivity contribution in [2.45, 2.75) is 64.1 Å². The van der Waals surface area contributed by atoms with Crippen LogP contribution in [0.5, 0.6) is 5.75 Å². The molecule has 0 bridgehead atoms. The molecule has 1 aliphatic carbocycles. The van der Waals surface area contributed by atoms with Gasteiger partial charge in [-0.2, -0.15) is 0 Å². The van der Waals surface area contributed by atoms with Crippen LogP contribution in [0.25, 0.3) is 0 Å². The summed E-state index contributed by atoms with van der Waals surface area (Å²) in [5.41, 5.74) is 2.99. The van der Waals surface area contributed by atoms with Crippen molar-refractivity contribution >= 4 is 11.6 Å². The van der Waals surface area contributed by atoms with Crippen molar-refractivity contribution in [3.05, 3.63) is 59.7 Å². The predicted molar refractivity (Wildman–Crippen MR) is 113 cm³/mol. The minimum Gasteiger partial charge on any atom is -0.489 e. The Hall–Kier alpha value is -2.49. The summed E-state index contributed by atoms with van der Waals surface area (Å²) >= 11 is 0. The van der Waals surface area contributed by atoms with Gasteiger partial charge in [0.05, 0.1) is 11.7 Å². The maximum absolute atomic E-state index is 12.9. The number of nitrogens with zero attached hydrogens (tertiary/aromatic N) is 1. The summed E-state index contributed by atoms with van der Waals surface area (Å²) in [6.45, 7) is 3.64. The fourth-order valence-corrected chi connectivity index (χ4v) is 4.26. The van der Waals surface area contributed by atoms with E-state index in [1.165, 1.54) is 31.2 Å². The SMILES string of the molecule is C[C@@H]1COc2ccc(C(=O)NC3CCCCCC3)cc2N1Cc1ccccc1. The number of carbonyl (C=O) groups excluding carboxylic acids is 1. The van der Waals surface area contributed by atoms with Crippen molar-refractivity contribution in [2.24, 2.45) is 0 Å². The minimum absolute atomic E-state index is 0.0348. The monoisotopic (exact) mass is 378 g/mol. The highest BCUT2D eigenvalue weighted by Crippen LogP contribution is 2.36. The third-order valence-electron chi connectivity index (χ3n) is 5.93. The maximum Gasteiger partial charge on any atom is 0.251 e. The summed E-state index contributed by atoms with van der Waals surface area (Å²) in [4.78, 5) is 15.2. The Bertz CT molecular complexity index is 798. The minimum atomic E-state index is 0.0348. The van der Waals surface area contributed by atoms with Gasteiger partial charge >= 0.3 is 0 Å². The molecular weight excluding hydrogens is 348 g/mol. The lowest BCUT2D eigenvalue weighted by Crippen LogP contribution is -2.41. The van der Waals surface area contributed by atoms with E-state index >= 15 is 0 Å². The molecule has 0 unspecified atom stereocenters. The molecule has 1 fully saturated rings. The highest BCUT2D eigenvalue weighted by molar-refractivity contribution is 5.96. The molecule has 2 aromatic carbocycles. The second kappa shape index (κ2) is 8.68. The van der Waals surface area contributed by atoms with Crippen molar-refractivity contribution in [3.63, 3.8) is 0 Å². The number of rotatable bonds is 4. The second-order valence-electron chi connectivity index (χ2n) is 8.12. The van der Waals surface area contributed by atoms with Crippen LogP contribution in [-0.4, -0.2) is 24.6 Å². The van der Waals surface area contributed by atoms with E-state index in [1.54, 1.807) is 0 Å². The molecule has 2 aromatic rings. The summed E-state index contributed by atoms with van der Waals surface area (Å²) in [7, 11) is 0. The Labute approximate surface area is 167 Å². The van der Waals surface area contributed by atoms with Gasteiger partial charge in [0.1, 0.15) is 12.4 Å². The van der Waals surface area contributed by atoms with Crippen LogP contribution in [0.3, 0.4) is 0 Å². The molecule has 0 saturated heterocycles. The van der Waals surface area contributed by atoms with Crippen LogP contribution in [-0.2, 0) is 6.54 Å². The van der Waals surface area contributed by atoms with E-state index in [2.05, 4.69) is 41.4 Å². The summed E-state index contributed by atoms with van der Waals surface area (Å²) in [6, 6.07) is 16.9. The molecule has 1 heterocycles. The van der Waals surface area contributed by atoms with Crippen molar-refractivity contribution in [1.29, 1.82) is 0 Å². The van der Waals surface area contributed by atoms with Gasteiger partial charge in [-0.1, -0.05) is 56.0 Å². The number of nitrogens with one attached hydrogen (secondary N) is 1. The zero-order valence-electron chi connectivity index (χ0n) is 16.7. The highest BCUT2D eigenvalue weighted by Gasteiger charge is 2.26. The van der Waals surface area contributed by atoms with E-state index in [-0.39, 0.29) is 11.9 Å². The molecule has 28 heavy (non-hydrogen) atoms. The third kappa shape index (κ3) is 4.32. The smallest absolute Gasteiger partial charge is 0.251 e. The molecule has 1 amide bonds. The standard InChI is InChI=1S/C24H30N2O2/c1-18-17-28-23-14-13-20(24(27)25-21-11-7-2-3-8-12-21)15-22(23)26(18)16-19-9-5-4-6-10-19/h4-6,9-10,13-15,18,21H,2-3,7-8,11-12,16-17H2,1H3,(H,25,27)/t18-/m1/s1. The lowest BCUT2D eigenvalue weighted by Gasteiger charge is -2.37. The molecule has 1 atom stereocenters. The molecule has 0 radical (unpaired) electrons. The molecule has 1 N–H and O–H groups in total. The molecule has 2 aliphatic rings. The average Bonchev–Trinajstić information content (AvgIpc) is 2.99. The number of hydrogen-bond donors (Lipinski definition) is 1. The largest absolute Gasteiger partial charge is 0.489 e. The normalized spacial score (nSPS) is 20.0. The van der Waals surface area contributed by atoms with E-state index in [0.29, 0.717) is 12.6 Å². The van der Waals surface area contributed by atoms with Gasteiger partial charge < -0.3 is 15.0 Å². The Balaban J connectivity index is 1.54. The first-order chi connectivity index (χ1) is 13.7. The summed E-state index contributed by atoms with van der Waals surface area (Å²) in [5, 5.41) is 3.26. The first-order valence-corrected chi connectivity index (χ1v) is 10.6. The molecule has 0 aromatic heterocycles. The summed E-state index contributed by atoms with van der Waals surface area (Å²) < 4.78 is 5.93. The van der Waals surface area contributed by atoms with Crippen molar-refractivity contribution in [3.8, 4) is 5.75 Å². The Kier molecular flexibility index (Phi) is 5.84. The number of ether oxygens (including phenoxy) is 1. The van der Waals surface area contributed by atoms with Crippen LogP contribution < -0.4 is 15.0 Å². The number of anilines is 1. The number of amides is 1. The zero-order chi connectivity index (χ0) is 19.3. The second-order valence-corrected chi connectivity index (χ2v) is 8.12. The van der Waals surface area contributed by atoms with Crippen LogP contribution in [0.4, 0.5) is 5.69 Å². The fraction of sp³-hybridized carbons (Fsp3) is 0.458. The van der Waals surface area contributed by atoms with Gasteiger partial charge in [-0.3, -0.25) is 4.79 Å². The van der Waals surface area contributed by atoms with Gasteiger partial charge in [0.15, 0.2) is 0 Å². The van der Waals surface area contributed by atoms with Crippen LogP contribution in [0.15, 0.2) is 48.5 Å². The zero-order valence-corrected chi connectivity index (χ0v) is 16.7. The third-order valence-corrected chi connectivity index (χ3v) is 5.93. The molecule has 4 rings (SSSR count). The van der Waals surface area contributed by atoms with Gasteiger partial charge in [-0.25, -0.2) is 0 Å². The number of hydrogen-bond acceptors (Lipinski definition) is 3. The maximum atomic E-state index is 12.9. The van der Waals surface area contributed by atoms with Crippen LogP contribution >= 0.6 is 0 Å². The predicted octanol–water partition coefficient (Wildman–Crippen LogP) is 4.93. The number of benzene rings is 2. The van der Waals surface area contributed by atoms with E-state index in [1.807, 2.05) is 24.3 Å². The van der Waals surface area contributed by atoms with Crippen molar-refractivity contribution in [1.82, 2.24) is 5.32 Å². The van der Waals surface area contributed by atoms with Gasteiger partial charge in [-0.05, 0) is 43.5 Å². The van der Waals surface area contributed by atoms with Gasteiger partial charge in [0.2, 0.25) is 0 Å². The lowest BCUT2D eigenvalue weighted by atomic mass is 10.1. The molecule has 0 spiro atoms. The fourth-order valence-electron chi connectivity index (χ4n) is 4.26. The van der Waals surface area contributed by atoms with Crippen molar-refractivity contribution in [2.75, 3.05) is 11.5 Å². The van der Waals surface area contributed by atoms with E-state index in [0.717, 1.165) is 36.4 Å². The van der Waals surface area contributed by atoms with Crippen molar-refractivity contribution < 1.29 is 9.53 Å². The molecule has 1 aliphatic heterocycles. The molecule has 4 nitrogen and oxygen atoms in total. The first kappa shape index (κ1) is 18.9. The number of fused-ring (bicyclic) bond motifs is 1. The van der Waals surface area contributed by atoms with E-state index < -0.39 is 0 Å². The number of carbonyl (C=O) groups is 1.